The second-order valence-electron chi connectivity index (χ2n) is 4.17. The molecular formula is C15H12FN2. The number of hydrogen-bond donors (Lipinski definition) is 0. The number of aryl methyl sites for hydroxylation is 1. The van der Waals surface area contributed by atoms with E-state index in [1.165, 1.54) is 12.1 Å². The van der Waals surface area contributed by atoms with Gasteiger partial charge in [0.15, 0.2) is 6.33 Å². The van der Waals surface area contributed by atoms with E-state index in [0.29, 0.717) is 0 Å². The van der Waals surface area contributed by atoms with E-state index in [1.54, 1.807) is 12.1 Å². The zero-order valence-corrected chi connectivity index (χ0v) is 10.0. The van der Waals surface area contributed by atoms with Gasteiger partial charge < -0.3 is 4.57 Å². The van der Waals surface area contributed by atoms with Gasteiger partial charge in [0.2, 0.25) is 0 Å². The largest absolute Gasteiger partial charge is 0.322 e. The minimum absolute atomic E-state index is 0.216. The Balaban J connectivity index is 2.14. The summed E-state index contributed by atoms with van der Waals surface area (Å²) in [6.45, 7) is 2.89. The number of aromatic nitrogens is 2. The summed E-state index contributed by atoms with van der Waals surface area (Å²) < 4.78 is 14.9. The van der Waals surface area contributed by atoms with Gasteiger partial charge in [-0.1, -0.05) is 18.2 Å². The van der Waals surface area contributed by atoms with Gasteiger partial charge >= 0.3 is 0 Å². The topological polar surface area (TPSA) is 17.8 Å². The number of hydrogen-bond acceptors (Lipinski definition) is 1. The number of halogens is 1. The first kappa shape index (κ1) is 11.0. The van der Waals surface area contributed by atoms with Crippen molar-refractivity contribution in [3.05, 3.63) is 54.6 Å². The molecule has 0 amide bonds. The molecule has 89 valence electrons. The third-order valence-electron chi connectivity index (χ3n) is 3.05. The second kappa shape index (κ2) is 4.26. The van der Waals surface area contributed by atoms with Crippen LogP contribution in [-0.2, 0) is 6.54 Å². The molecule has 1 radical (unpaired) electrons. The lowest BCUT2D eigenvalue weighted by atomic mass is 10.1. The lowest BCUT2D eigenvalue weighted by molar-refractivity contribution is 0.628. The first-order valence-corrected chi connectivity index (χ1v) is 5.92. The highest BCUT2D eigenvalue weighted by Crippen LogP contribution is 2.24. The highest BCUT2D eigenvalue weighted by atomic mass is 19.1. The van der Waals surface area contributed by atoms with Crippen molar-refractivity contribution in [3.8, 4) is 11.1 Å². The monoisotopic (exact) mass is 239 g/mol. The molecule has 0 bridgehead atoms. The molecule has 0 aliphatic carbocycles. The normalized spacial score (nSPS) is 11.0. The molecule has 3 rings (SSSR count). The lowest BCUT2D eigenvalue weighted by Gasteiger charge is -2.03. The second-order valence-corrected chi connectivity index (χ2v) is 4.17. The quantitative estimate of drug-likeness (QED) is 0.667. The van der Waals surface area contributed by atoms with Crippen molar-refractivity contribution in [2.24, 2.45) is 0 Å². The summed E-state index contributed by atoms with van der Waals surface area (Å²) in [6.07, 6.45) is 2.96. The van der Waals surface area contributed by atoms with Crippen LogP contribution in [-0.4, -0.2) is 9.55 Å². The molecule has 0 fully saturated rings. The Morgan fingerprint density at radius 2 is 1.83 bits per heavy atom. The molecule has 0 aliphatic rings. The molecule has 0 N–H and O–H groups in total. The number of imidazole rings is 1. The van der Waals surface area contributed by atoms with Gasteiger partial charge in [-0.3, -0.25) is 0 Å². The highest BCUT2D eigenvalue weighted by molar-refractivity contribution is 5.82. The minimum atomic E-state index is -0.216. The predicted molar refractivity (Wildman–Crippen MR) is 69.6 cm³/mol. The zero-order valence-electron chi connectivity index (χ0n) is 10.0. The van der Waals surface area contributed by atoms with E-state index in [-0.39, 0.29) is 5.82 Å². The Labute approximate surface area is 105 Å². The SMILES string of the molecule is CCn1[c]nc2ccc(-c3ccc(F)cc3)cc21. The third kappa shape index (κ3) is 1.78. The van der Waals surface area contributed by atoms with E-state index in [0.717, 1.165) is 28.7 Å². The number of fused-ring (bicyclic) bond motifs is 1. The molecule has 0 saturated carbocycles. The fourth-order valence-corrected chi connectivity index (χ4v) is 2.07. The Bertz CT molecular complexity index is 683. The van der Waals surface area contributed by atoms with Crippen LogP contribution in [0.15, 0.2) is 42.5 Å². The van der Waals surface area contributed by atoms with E-state index in [9.17, 15) is 4.39 Å². The first-order valence-electron chi connectivity index (χ1n) is 5.92. The summed E-state index contributed by atoms with van der Waals surface area (Å²) in [5.41, 5.74) is 4.05. The standard InChI is InChI=1S/C15H12FN2/c1-2-18-10-17-14-8-5-12(9-15(14)18)11-3-6-13(16)7-4-11/h3-9H,2H2,1H3. The maximum absolute atomic E-state index is 12.9. The lowest BCUT2D eigenvalue weighted by Crippen LogP contribution is -1.91. The smallest absolute Gasteiger partial charge is 0.177 e. The van der Waals surface area contributed by atoms with Crippen molar-refractivity contribution in [3.63, 3.8) is 0 Å². The third-order valence-corrected chi connectivity index (χ3v) is 3.05. The molecule has 18 heavy (non-hydrogen) atoms. The van der Waals surface area contributed by atoms with E-state index in [4.69, 9.17) is 0 Å². The molecule has 0 atom stereocenters. The summed E-state index contributed by atoms with van der Waals surface area (Å²) in [5.74, 6) is -0.216. The molecule has 2 nitrogen and oxygen atoms in total. The van der Waals surface area contributed by atoms with E-state index in [1.807, 2.05) is 16.7 Å². The van der Waals surface area contributed by atoms with Crippen LogP contribution < -0.4 is 0 Å². The molecule has 0 saturated heterocycles. The van der Waals surface area contributed by atoms with Crippen molar-refractivity contribution in [2.75, 3.05) is 0 Å². The fraction of sp³-hybridized carbons (Fsp3) is 0.133. The van der Waals surface area contributed by atoms with Crippen LogP contribution in [0.5, 0.6) is 0 Å². The summed E-state index contributed by atoms with van der Waals surface area (Å²) in [5, 5.41) is 0. The van der Waals surface area contributed by atoms with Crippen molar-refractivity contribution in [1.29, 1.82) is 0 Å². The van der Waals surface area contributed by atoms with Crippen molar-refractivity contribution in [1.82, 2.24) is 9.55 Å². The Kier molecular flexibility index (Phi) is 2.59. The van der Waals surface area contributed by atoms with Gasteiger partial charge in [-0.2, -0.15) is 0 Å². The average Bonchev–Trinajstić information content (AvgIpc) is 2.81. The number of nitrogens with zero attached hydrogens (tertiary/aromatic N) is 2. The van der Waals surface area contributed by atoms with Gasteiger partial charge in [-0.25, -0.2) is 9.37 Å². The Hall–Kier alpha value is -2.16. The van der Waals surface area contributed by atoms with Crippen LogP contribution in [0.4, 0.5) is 4.39 Å². The molecule has 1 aromatic heterocycles. The van der Waals surface area contributed by atoms with Gasteiger partial charge in [0.05, 0.1) is 11.0 Å². The maximum atomic E-state index is 12.9. The maximum Gasteiger partial charge on any atom is 0.177 e. The van der Waals surface area contributed by atoms with Crippen LogP contribution in [0.3, 0.4) is 0 Å². The number of benzene rings is 2. The van der Waals surface area contributed by atoms with Crippen LogP contribution in [0, 0.1) is 12.1 Å². The van der Waals surface area contributed by atoms with Gasteiger partial charge in [0.25, 0.3) is 0 Å². The van der Waals surface area contributed by atoms with Crippen molar-refractivity contribution < 1.29 is 4.39 Å². The molecule has 0 spiro atoms. The van der Waals surface area contributed by atoms with Crippen LogP contribution in [0.2, 0.25) is 0 Å². The summed E-state index contributed by atoms with van der Waals surface area (Å²) in [7, 11) is 0. The molecule has 3 aromatic rings. The molecule has 0 aliphatic heterocycles. The predicted octanol–water partition coefficient (Wildman–Crippen LogP) is 3.66. The van der Waals surface area contributed by atoms with Gasteiger partial charge in [-0.15, -0.1) is 0 Å². The van der Waals surface area contributed by atoms with Gasteiger partial charge in [0.1, 0.15) is 5.82 Å². The number of rotatable bonds is 2. The zero-order chi connectivity index (χ0) is 12.5. The Morgan fingerprint density at radius 1 is 1.11 bits per heavy atom. The molecule has 1 heterocycles. The van der Waals surface area contributed by atoms with Crippen molar-refractivity contribution in [2.45, 2.75) is 13.5 Å². The van der Waals surface area contributed by atoms with E-state index >= 15 is 0 Å². The Morgan fingerprint density at radius 3 is 2.56 bits per heavy atom. The molecule has 2 aromatic carbocycles. The van der Waals surface area contributed by atoms with E-state index in [2.05, 4.69) is 24.3 Å². The first-order chi connectivity index (χ1) is 8.78. The summed E-state index contributed by atoms with van der Waals surface area (Å²) in [6, 6.07) is 12.5. The van der Waals surface area contributed by atoms with Crippen LogP contribution in [0.25, 0.3) is 22.2 Å². The van der Waals surface area contributed by atoms with E-state index < -0.39 is 0 Å². The molecule has 3 heteroatoms. The molecular weight excluding hydrogens is 227 g/mol. The fourth-order valence-electron chi connectivity index (χ4n) is 2.07. The summed E-state index contributed by atoms with van der Waals surface area (Å²) >= 11 is 0. The van der Waals surface area contributed by atoms with Gasteiger partial charge in [0, 0.05) is 6.54 Å². The minimum Gasteiger partial charge on any atom is -0.322 e. The average molecular weight is 239 g/mol. The highest BCUT2D eigenvalue weighted by Gasteiger charge is 2.04. The van der Waals surface area contributed by atoms with Crippen LogP contribution >= 0.6 is 0 Å². The van der Waals surface area contributed by atoms with Crippen molar-refractivity contribution >= 4 is 11.0 Å². The summed E-state index contributed by atoms with van der Waals surface area (Å²) in [4.78, 5) is 4.22. The van der Waals surface area contributed by atoms with Gasteiger partial charge in [-0.05, 0) is 42.3 Å². The molecule has 0 unspecified atom stereocenters. The van der Waals surface area contributed by atoms with Crippen LogP contribution in [0.1, 0.15) is 6.92 Å².